The summed E-state index contributed by atoms with van der Waals surface area (Å²) in [5, 5.41) is 14.3. The average molecular weight is 1560 g/mol. The summed E-state index contributed by atoms with van der Waals surface area (Å²) in [7, 11) is 0. The van der Waals surface area contributed by atoms with Gasteiger partial charge in [-0.2, -0.15) is 0 Å². The molecule has 8 heterocycles. The van der Waals surface area contributed by atoms with Crippen molar-refractivity contribution in [1.29, 1.82) is 0 Å². The number of thiophene rings is 6. The minimum absolute atomic E-state index is 0.199. The van der Waals surface area contributed by atoms with Crippen LogP contribution < -0.4 is 5.32 Å². The fourth-order valence-electron chi connectivity index (χ4n) is 17.8. The molecular weight excluding hydrogens is 1440 g/mol. The molecule has 2 unspecified atom stereocenters. The van der Waals surface area contributed by atoms with Gasteiger partial charge in [-0.1, -0.05) is 290 Å². The zero-order chi connectivity index (χ0) is 74.6. The highest BCUT2D eigenvalue weighted by atomic mass is 32.1. The van der Waals surface area contributed by atoms with Crippen molar-refractivity contribution in [2.45, 2.75) is 291 Å². The van der Waals surface area contributed by atoms with Crippen LogP contribution in [0.25, 0.3) is 103 Å². The number of fused-ring (bicyclic) bond motifs is 2. The van der Waals surface area contributed by atoms with E-state index in [-0.39, 0.29) is 29.5 Å². The van der Waals surface area contributed by atoms with Crippen LogP contribution in [-0.2, 0) is 6.42 Å². The molecule has 0 fully saturated rings. The number of rotatable bonds is 50. The number of hydrogen-bond donors (Lipinski definition) is 1. The van der Waals surface area contributed by atoms with Gasteiger partial charge in [0.05, 0.1) is 5.56 Å². The van der Waals surface area contributed by atoms with Gasteiger partial charge in [0.2, 0.25) is 0 Å². The first-order valence-electron chi connectivity index (χ1n) is 42.7. The summed E-state index contributed by atoms with van der Waals surface area (Å²) in [6.45, 7) is 9.58. The molecule has 572 valence electrons. The van der Waals surface area contributed by atoms with E-state index in [9.17, 15) is 0 Å². The van der Waals surface area contributed by atoms with E-state index in [1.165, 1.54) is 235 Å². The first kappa shape index (κ1) is 79.9. The van der Waals surface area contributed by atoms with Crippen molar-refractivity contribution in [3.05, 3.63) is 142 Å². The molecule has 12 heteroatoms. The van der Waals surface area contributed by atoms with Crippen molar-refractivity contribution < 1.29 is 19.2 Å². The van der Waals surface area contributed by atoms with Crippen molar-refractivity contribution in [2.75, 3.05) is 6.54 Å². The van der Waals surface area contributed by atoms with E-state index in [2.05, 4.69) is 141 Å². The summed E-state index contributed by atoms with van der Waals surface area (Å²) < 4.78 is 0. The van der Waals surface area contributed by atoms with Crippen LogP contribution in [-0.4, -0.2) is 35.1 Å². The highest BCUT2D eigenvalue weighted by molar-refractivity contribution is 7.28. The van der Waals surface area contributed by atoms with Crippen molar-refractivity contribution in [3.63, 3.8) is 0 Å². The van der Waals surface area contributed by atoms with Gasteiger partial charge in [-0.15, -0.1) is 68.0 Å². The average Bonchev–Trinajstić information content (AvgIpc) is 0.685. The predicted octanol–water partition coefficient (Wildman–Crippen LogP) is 32.0. The summed E-state index contributed by atoms with van der Waals surface area (Å²) >= 11 is 10.6. The summed E-state index contributed by atoms with van der Waals surface area (Å²) in [4.78, 5) is 76.4. The fourth-order valence-corrected chi connectivity index (χ4v) is 23.7. The number of carbonyl (C=O) groups is 4. The van der Waals surface area contributed by atoms with Gasteiger partial charge in [0.25, 0.3) is 23.6 Å². The molecule has 4 amide bonds. The van der Waals surface area contributed by atoms with Crippen molar-refractivity contribution in [2.24, 2.45) is 11.8 Å². The molecule has 6 aromatic heterocycles. The van der Waals surface area contributed by atoms with E-state index in [0.29, 0.717) is 34.7 Å². The molecule has 108 heavy (non-hydrogen) atoms. The molecule has 2 atom stereocenters. The maximum absolute atomic E-state index is 16.4. The summed E-state index contributed by atoms with van der Waals surface area (Å²) in [5.41, 5.74) is 5.17. The van der Waals surface area contributed by atoms with Crippen molar-refractivity contribution in [3.8, 4) is 59.9 Å². The minimum atomic E-state index is -0.373. The first-order valence-corrected chi connectivity index (χ1v) is 47.7. The standard InChI is InChI=1S/C96H118N2O4S6/c1-5-9-13-17-21-25-27-31-34-38-44-66(43-37-33-29-23-19-15-11-7-3)61-68-62-73-89-72(77-52-54-83(106-77)85-58-56-81(108-85)79-48-42-60-104-79)64-75-88-70(95(101)98(96(75)102)65-67(45-39-35-30-24-20-16-12-8-4)46-40-36-32-28-26-22-18-14-10-6-2)50-49-69(90(88)89)87-71(63-74-92(91(73)87)86(68)94(100)97-93(74)99)76-51-53-82(105-76)84-57-55-80(107-84)78-47-41-59-103-78/h41-42,47-60,62-64,66-67H,5-40,43-46,61,65H2,1-4H3,(H,97,99,100). The third-order valence-electron chi connectivity index (χ3n) is 23.7. The summed E-state index contributed by atoms with van der Waals surface area (Å²) in [5.74, 6) is -0.558. The van der Waals surface area contributed by atoms with Crippen molar-refractivity contribution >= 4 is 135 Å². The number of hydrogen-bond acceptors (Lipinski definition) is 10. The van der Waals surface area contributed by atoms with Gasteiger partial charge in [-0.3, -0.25) is 29.4 Å². The van der Waals surface area contributed by atoms with Crippen LogP contribution in [0, 0.1) is 11.8 Å². The van der Waals surface area contributed by atoms with Gasteiger partial charge in [0, 0.05) is 93.9 Å². The highest BCUT2D eigenvalue weighted by Gasteiger charge is 2.39. The van der Waals surface area contributed by atoms with E-state index in [0.717, 1.165) is 137 Å². The van der Waals surface area contributed by atoms with Gasteiger partial charge >= 0.3 is 0 Å². The Bertz CT molecular complexity index is 4710. The lowest BCUT2D eigenvalue weighted by Crippen LogP contribution is -2.43. The Balaban J connectivity index is 0.958. The number of carbonyl (C=O) groups excluding carboxylic acids is 4. The van der Waals surface area contributed by atoms with E-state index in [4.69, 9.17) is 0 Å². The van der Waals surface area contributed by atoms with Crippen LogP contribution in [0.2, 0.25) is 0 Å². The Morgan fingerprint density at radius 2 is 0.667 bits per heavy atom. The zero-order valence-electron chi connectivity index (χ0n) is 65.4. The summed E-state index contributed by atoms with van der Waals surface area (Å²) in [6.07, 6.45) is 50.5. The fraction of sp³-hybridized carbons (Fsp3) is 0.500. The Kier molecular flexibility index (Phi) is 29.9. The molecule has 0 radical (unpaired) electrons. The second-order valence-corrected chi connectivity index (χ2v) is 38.1. The lowest BCUT2D eigenvalue weighted by molar-refractivity contribution is 0.0576. The lowest BCUT2D eigenvalue weighted by atomic mass is 9.77. The number of unbranched alkanes of at least 4 members (excludes halogenated alkanes) is 32. The minimum Gasteiger partial charge on any atom is -0.288 e. The van der Waals surface area contributed by atoms with E-state index >= 15 is 19.2 Å². The molecule has 0 saturated heterocycles. The number of nitrogens with zero attached hydrogens (tertiary/aromatic N) is 1. The number of benzene rings is 5. The largest absolute Gasteiger partial charge is 0.288 e. The van der Waals surface area contributed by atoms with E-state index < -0.39 is 0 Å². The quantitative estimate of drug-likeness (QED) is 0.0178. The molecule has 0 bridgehead atoms. The third-order valence-corrected chi connectivity index (χ3v) is 30.7. The normalized spacial score (nSPS) is 13.7. The molecule has 1 N–H and O–H groups in total. The van der Waals surface area contributed by atoms with Gasteiger partial charge in [0.15, 0.2) is 0 Å². The second-order valence-electron chi connectivity index (χ2n) is 31.8. The topological polar surface area (TPSA) is 83.6 Å². The SMILES string of the molecule is CCCCCCCCCCCCC(CCCCCCCCCC)Cc1cc2c3c(-c4ccc(-c5ccc(-c6cccs6)s5)s4)cc4c5c(ccc(c6c(-c7ccc(-c8ccc(-c9cccs9)s8)s7)cc7c(c1C(=O)NC7=O)c26)c53)C(=O)N(CC(CCCCCCCCCC)CCCCCCCCCCCC)C4=O. The molecule has 5 aromatic carbocycles. The zero-order valence-corrected chi connectivity index (χ0v) is 70.3. The Labute approximate surface area is 669 Å². The van der Waals surface area contributed by atoms with E-state index in [1.807, 2.05) is 17.4 Å². The molecule has 2 aliphatic heterocycles. The van der Waals surface area contributed by atoms with Crippen LogP contribution in [0.15, 0.2) is 114 Å². The highest BCUT2D eigenvalue weighted by Crippen LogP contribution is 2.55. The lowest BCUT2D eigenvalue weighted by Gasteiger charge is -2.32. The number of nitrogens with one attached hydrogen (secondary N) is 1. The number of amides is 4. The third kappa shape index (κ3) is 19.3. The Morgan fingerprint density at radius 1 is 0.306 bits per heavy atom. The van der Waals surface area contributed by atoms with E-state index in [1.54, 1.807) is 61.6 Å². The molecule has 0 aliphatic carbocycles. The molecule has 2 aliphatic rings. The Hall–Kier alpha value is -6.12. The van der Waals surface area contributed by atoms with Gasteiger partial charge < -0.3 is 0 Å². The van der Waals surface area contributed by atoms with Gasteiger partial charge in [0.1, 0.15) is 0 Å². The second kappa shape index (κ2) is 40.4. The molecular formula is C96H118N2O4S6. The Morgan fingerprint density at radius 3 is 1.09 bits per heavy atom. The van der Waals surface area contributed by atoms with Crippen LogP contribution >= 0.6 is 68.0 Å². The molecule has 6 nitrogen and oxygen atoms in total. The monoisotopic (exact) mass is 1550 g/mol. The number of imide groups is 2. The van der Waals surface area contributed by atoms with Gasteiger partial charge in [-0.25, -0.2) is 0 Å². The smallest absolute Gasteiger partial charge is 0.261 e. The molecule has 13 rings (SSSR count). The molecule has 0 saturated carbocycles. The van der Waals surface area contributed by atoms with Crippen LogP contribution in [0.5, 0.6) is 0 Å². The first-order chi connectivity index (χ1) is 53.2. The van der Waals surface area contributed by atoms with Gasteiger partial charge in [-0.05, 0) is 165 Å². The molecule has 11 aromatic rings. The summed E-state index contributed by atoms with van der Waals surface area (Å²) in [6, 6.07) is 37.4. The molecule has 0 spiro atoms. The predicted molar refractivity (Wildman–Crippen MR) is 473 cm³/mol. The van der Waals surface area contributed by atoms with Crippen molar-refractivity contribution in [1.82, 2.24) is 10.2 Å². The van der Waals surface area contributed by atoms with Crippen LogP contribution in [0.3, 0.4) is 0 Å². The maximum atomic E-state index is 16.4. The maximum Gasteiger partial charge on any atom is 0.261 e. The van der Waals surface area contributed by atoms with Crippen LogP contribution in [0.4, 0.5) is 0 Å². The van der Waals surface area contributed by atoms with Crippen LogP contribution in [0.1, 0.15) is 332 Å².